The summed E-state index contributed by atoms with van der Waals surface area (Å²) < 4.78 is 6.45. The van der Waals surface area contributed by atoms with Gasteiger partial charge in [0.25, 0.3) is 8.32 Å². The van der Waals surface area contributed by atoms with E-state index < -0.39 is 8.32 Å². The van der Waals surface area contributed by atoms with Crippen molar-refractivity contribution < 1.29 is 14.0 Å². The van der Waals surface area contributed by atoms with Gasteiger partial charge in [-0.25, -0.2) is 0 Å². The minimum atomic E-state index is -1.92. The van der Waals surface area contributed by atoms with Crippen LogP contribution in [0, 0.1) is 0 Å². The number of hydrogen-bond acceptors (Lipinski definition) is 3. The molecule has 24 heavy (non-hydrogen) atoms. The first-order valence-electron chi connectivity index (χ1n) is 8.57. The maximum absolute atomic E-state index is 13.0. The molecule has 2 aromatic rings. The lowest BCUT2D eigenvalue weighted by Crippen LogP contribution is -2.40. The van der Waals surface area contributed by atoms with Gasteiger partial charge in [0.1, 0.15) is 5.75 Å². The van der Waals surface area contributed by atoms with Crippen molar-refractivity contribution in [3.05, 3.63) is 64.7 Å². The summed E-state index contributed by atoms with van der Waals surface area (Å²) in [6.45, 7) is 6.45. The summed E-state index contributed by atoms with van der Waals surface area (Å²) in [6, 6.07) is 15.4. The van der Waals surface area contributed by atoms with Crippen LogP contribution in [0.25, 0.3) is 0 Å². The van der Waals surface area contributed by atoms with Crippen molar-refractivity contribution in [3.8, 4) is 5.75 Å². The van der Waals surface area contributed by atoms with Crippen LogP contribution in [0.2, 0.25) is 18.1 Å². The molecule has 0 saturated heterocycles. The molecule has 3 nitrogen and oxygen atoms in total. The average molecular weight is 338 g/mol. The van der Waals surface area contributed by atoms with Gasteiger partial charge in [-0.1, -0.05) is 57.2 Å². The van der Waals surface area contributed by atoms with Crippen LogP contribution in [0.5, 0.6) is 5.75 Å². The van der Waals surface area contributed by atoms with Gasteiger partial charge in [0.2, 0.25) is 0 Å². The standard InChI is InChI=1S/C20H22O3Si/c1-4-24(5-2,6-3)23-17-13-9-12-16-18(17)20(22)15-11-8-7-10-14(15)19(16)21/h7-13H,4-6H2,1-3H3. The molecule has 1 aliphatic rings. The largest absolute Gasteiger partial charge is 0.543 e. The fraction of sp³-hybridized carbons (Fsp3) is 0.300. The van der Waals surface area contributed by atoms with E-state index in [4.69, 9.17) is 4.43 Å². The van der Waals surface area contributed by atoms with Crippen LogP contribution in [0.15, 0.2) is 42.5 Å². The van der Waals surface area contributed by atoms with Gasteiger partial charge in [-0.3, -0.25) is 9.59 Å². The van der Waals surface area contributed by atoms with Crippen molar-refractivity contribution in [2.24, 2.45) is 0 Å². The van der Waals surface area contributed by atoms with Crippen LogP contribution >= 0.6 is 0 Å². The van der Waals surface area contributed by atoms with E-state index in [2.05, 4.69) is 20.8 Å². The first-order chi connectivity index (χ1) is 11.6. The monoisotopic (exact) mass is 338 g/mol. The molecule has 3 rings (SSSR count). The molecular weight excluding hydrogens is 316 g/mol. The van der Waals surface area contributed by atoms with Crippen LogP contribution in [0.4, 0.5) is 0 Å². The first kappa shape index (κ1) is 16.6. The normalized spacial score (nSPS) is 13.5. The number of carbonyl (C=O) groups excluding carboxylic acids is 2. The third-order valence-electron chi connectivity index (χ3n) is 5.17. The smallest absolute Gasteiger partial charge is 0.250 e. The van der Waals surface area contributed by atoms with Gasteiger partial charge in [-0.05, 0) is 24.2 Å². The van der Waals surface area contributed by atoms with E-state index in [0.29, 0.717) is 28.0 Å². The van der Waals surface area contributed by atoms with Gasteiger partial charge in [-0.15, -0.1) is 0 Å². The Morgan fingerprint density at radius 2 is 1.29 bits per heavy atom. The summed E-state index contributed by atoms with van der Waals surface area (Å²) in [6.07, 6.45) is 0. The van der Waals surface area contributed by atoms with E-state index in [0.717, 1.165) is 18.1 Å². The minimum absolute atomic E-state index is 0.0950. The van der Waals surface area contributed by atoms with Crippen LogP contribution < -0.4 is 4.43 Å². The van der Waals surface area contributed by atoms with Crippen LogP contribution in [-0.2, 0) is 0 Å². The highest BCUT2D eigenvalue weighted by Crippen LogP contribution is 2.35. The number of fused-ring (bicyclic) bond motifs is 2. The Hall–Kier alpha value is -2.20. The molecule has 0 aromatic heterocycles. The van der Waals surface area contributed by atoms with Crippen LogP contribution in [0.1, 0.15) is 52.6 Å². The van der Waals surface area contributed by atoms with Gasteiger partial charge in [-0.2, -0.15) is 0 Å². The molecule has 0 fully saturated rings. The molecule has 1 aliphatic carbocycles. The number of ketones is 2. The summed E-state index contributed by atoms with van der Waals surface area (Å²) in [4.78, 5) is 25.8. The van der Waals surface area contributed by atoms with Crippen molar-refractivity contribution >= 4 is 19.9 Å². The lowest BCUT2D eigenvalue weighted by atomic mass is 9.84. The number of carbonyl (C=O) groups is 2. The Morgan fingerprint density at radius 3 is 1.88 bits per heavy atom. The van der Waals surface area contributed by atoms with E-state index in [1.54, 1.807) is 30.3 Å². The minimum Gasteiger partial charge on any atom is -0.543 e. The van der Waals surface area contributed by atoms with Crippen molar-refractivity contribution in [2.45, 2.75) is 38.9 Å². The second kappa shape index (κ2) is 6.36. The summed E-state index contributed by atoms with van der Waals surface area (Å²) in [7, 11) is -1.92. The molecule has 0 saturated carbocycles. The molecule has 0 amide bonds. The topological polar surface area (TPSA) is 43.4 Å². The third-order valence-corrected chi connectivity index (χ3v) is 9.69. The van der Waals surface area contributed by atoms with E-state index in [1.807, 2.05) is 12.1 Å². The predicted molar refractivity (Wildman–Crippen MR) is 97.6 cm³/mol. The molecule has 0 aliphatic heterocycles. The molecule has 124 valence electrons. The van der Waals surface area contributed by atoms with Crippen molar-refractivity contribution in [3.63, 3.8) is 0 Å². The Labute approximate surface area is 143 Å². The summed E-state index contributed by atoms with van der Waals surface area (Å²) in [5, 5.41) is 0. The van der Waals surface area contributed by atoms with E-state index in [1.165, 1.54) is 0 Å². The van der Waals surface area contributed by atoms with Gasteiger partial charge < -0.3 is 4.43 Å². The molecular formula is C20H22O3Si. The number of benzene rings is 2. The Morgan fingerprint density at radius 1 is 0.750 bits per heavy atom. The highest BCUT2D eigenvalue weighted by atomic mass is 28.4. The zero-order valence-corrected chi connectivity index (χ0v) is 15.4. The van der Waals surface area contributed by atoms with Crippen molar-refractivity contribution in [2.75, 3.05) is 0 Å². The Balaban J connectivity index is 2.14. The van der Waals surface area contributed by atoms with E-state index in [-0.39, 0.29) is 11.6 Å². The first-order valence-corrected chi connectivity index (χ1v) is 11.1. The second-order valence-corrected chi connectivity index (χ2v) is 10.9. The predicted octanol–water partition coefficient (Wildman–Crippen LogP) is 4.85. The molecule has 0 spiro atoms. The van der Waals surface area contributed by atoms with Gasteiger partial charge in [0.05, 0.1) is 5.56 Å². The second-order valence-electron chi connectivity index (χ2n) is 6.23. The summed E-state index contributed by atoms with van der Waals surface area (Å²) in [5.74, 6) is 0.377. The molecule has 0 heterocycles. The highest BCUT2D eigenvalue weighted by Gasteiger charge is 2.36. The molecule has 0 unspecified atom stereocenters. The zero-order chi connectivity index (χ0) is 17.3. The summed E-state index contributed by atoms with van der Waals surface area (Å²) >= 11 is 0. The molecule has 0 bridgehead atoms. The van der Waals surface area contributed by atoms with Crippen LogP contribution in [-0.4, -0.2) is 19.9 Å². The Bertz CT molecular complexity index is 798. The van der Waals surface area contributed by atoms with Crippen molar-refractivity contribution in [1.29, 1.82) is 0 Å². The lowest BCUT2D eigenvalue weighted by molar-refractivity contribution is 0.0977. The highest BCUT2D eigenvalue weighted by molar-refractivity contribution is 6.74. The third kappa shape index (κ3) is 2.51. The molecule has 0 N–H and O–H groups in total. The van der Waals surface area contributed by atoms with Gasteiger partial charge >= 0.3 is 0 Å². The molecule has 2 aromatic carbocycles. The van der Waals surface area contributed by atoms with Gasteiger partial charge in [0, 0.05) is 16.7 Å². The molecule has 0 atom stereocenters. The lowest BCUT2D eigenvalue weighted by Gasteiger charge is -2.31. The molecule has 4 heteroatoms. The van der Waals surface area contributed by atoms with Crippen molar-refractivity contribution in [1.82, 2.24) is 0 Å². The quantitative estimate of drug-likeness (QED) is 0.625. The zero-order valence-electron chi connectivity index (χ0n) is 14.4. The maximum Gasteiger partial charge on any atom is 0.250 e. The average Bonchev–Trinajstić information content (AvgIpc) is 2.64. The SMILES string of the molecule is CC[Si](CC)(CC)Oc1cccc2c1C(=O)c1ccccc1C2=O. The fourth-order valence-electron chi connectivity index (χ4n) is 3.40. The maximum atomic E-state index is 13.0. The van der Waals surface area contributed by atoms with Gasteiger partial charge in [0.15, 0.2) is 11.6 Å². The summed E-state index contributed by atoms with van der Waals surface area (Å²) in [5.41, 5.74) is 1.86. The Kier molecular flexibility index (Phi) is 4.41. The number of hydrogen-bond donors (Lipinski definition) is 0. The van der Waals surface area contributed by atoms with E-state index >= 15 is 0 Å². The number of rotatable bonds is 5. The van der Waals surface area contributed by atoms with Crippen LogP contribution in [0.3, 0.4) is 0 Å². The molecule has 0 radical (unpaired) electrons. The van der Waals surface area contributed by atoms with E-state index in [9.17, 15) is 9.59 Å². The fourth-order valence-corrected chi connectivity index (χ4v) is 5.97.